The van der Waals surface area contributed by atoms with Gasteiger partial charge in [-0.2, -0.15) is 5.10 Å². The summed E-state index contributed by atoms with van der Waals surface area (Å²) in [5, 5.41) is 6.96. The number of hydrogen-bond acceptors (Lipinski definition) is 2. The Balaban J connectivity index is 1.89. The van der Waals surface area contributed by atoms with E-state index in [-0.39, 0.29) is 5.82 Å². The van der Waals surface area contributed by atoms with Crippen molar-refractivity contribution in [3.8, 4) is 16.9 Å². The molecule has 0 radical (unpaired) electrons. The summed E-state index contributed by atoms with van der Waals surface area (Å²) in [6.07, 6.45) is 3.51. The first-order chi connectivity index (χ1) is 12.3. The molecule has 0 unspecified atom stereocenters. The summed E-state index contributed by atoms with van der Waals surface area (Å²) in [5.74, 6) is -0.266. The third-order valence-electron chi connectivity index (χ3n) is 4.36. The van der Waals surface area contributed by atoms with Crippen LogP contribution in [0.2, 0.25) is 0 Å². The molecule has 3 heterocycles. The van der Waals surface area contributed by atoms with Crippen LogP contribution in [0, 0.1) is 5.82 Å². The molecular formula is C20H13FN4. The van der Waals surface area contributed by atoms with Gasteiger partial charge in [0.15, 0.2) is 0 Å². The highest BCUT2D eigenvalue weighted by atomic mass is 19.1. The monoisotopic (exact) mass is 328 g/mol. The summed E-state index contributed by atoms with van der Waals surface area (Å²) in [6, 6.07) is 18.4. The smallest absolute Gasteiger partial charge is 0.142 e. The van der Waals surface area contributed by atoms with Crippen LogP contribution in [0.1, 0.15) is 0 Å². The van der Waals surface area contributed by atoms with Crippen LogP contribution in [0.15, 0.2) is 73.1 Å². The molecule has 5 rings (SSSR count). The van der Waals surface area contributed by atoms with E-state index in [1.165, 1.54) is 12.1 Å². The van der Waals surface area contributed by atoms with Crippen LogP contribution < -0.4 is 0 Å². The number of fused-ring (bicyclic) bond motifs is 3. The molecule has 0 saturated carbocycles. The second-order valence-electron chi connectivity index (χ2n) is 5.87. The molecule has 0 bridgehead atoms. The maximum Gasteiger partial charge on any atom is 0.142 e. The van der Waals surface area contributed by atoms with Crippen LogP contribution in [-0.2, 0) is 0 Å². The minimum absolute atomic E-state index is 0.266. The van der Waals surface area contributed by atoms with Crippen molar-refractivity contribution in [2.75, 3.05) is 0 Å². The number of rotatable bonds is 2. The highest BCUT2D eigenvalue weighted by molar-refractivity contribution is 6.12. The average Bonchev–Trinajstić information content (AvgIpc) is 3.21. The predicted molar refractivity (Wildman–Crippen MR) is 96.1 cm³/mol. The van der Waals surface area contributed by atoms with Gasteiger partial charge in [-0.15, -0.1) is 0 Å². The molecule has 0 spiro atoms. The topological polar surface area (TPSA) is 46.5 Å². The van der Waals surface area contributed by atoms with Crippen LogP contribution in [0.25, 0.3) is 38.9 Å². The molecule has 5 aromatic rings. The number of para-hydroxylation sites is 1. The van der Waals surface area contributed by atoms with Gasteiger partial charge in [-0.05, 0) is 42.5 Å². The van der Waals surface area contributed by atoms with E-state index < -0.39 is 0 Å². The lowest BCUT2D eigenvalue weighted by Gasteiger charge is -2.02. The standard InChI is InChI=1S/C20H13FN4/c21-14-5-7-15(8-6-14)25-20-18(16-3-1-2-4-17(16)23-20)19(24-25)13-9-11-22-12-10-13/h1-12,23H. The Kier molecular flexibility index (Phi) is 2.94. The number of pyridine rings is 1. The molecule has 0 atom stereocenters. The Hall–Kier alpha value is -3.47. The number of nitrogens with zero attached hydrogens (tertiary/aromatic N) is 3. The molecule has 4 nitrogen and oxygen atoms in total. The van der Waals surface area contributed by atoms with E-state index in [4.69, 9.17) is 5.10 Å². The first-order valence-corrected chi connectivity index (χ1v) is 7.97. The first-order valence-electron chi connectivity index (χ1n) is 7.97. The van der Waals surface area contributed by atoms with Crippen LogP contribution in [0.3, 0.4) is 0 Å². The molecule has 25 heavy (non-hydrogen) atoms. The molecule has 120 valence electrons. The summed E-state index contributed by atoms with van der Waals surface area (Å²) >= 11 is 0. The summed E-state index contributed by atoms with van der Waals surface area (Å²) in [6.45, 7) is 0. The molecule has 0 aliphatic rings. The van der Waals surface area contributed by atoms with E-state index in [1.807, 2.05) is 35.0 Å². The SMILES string of the molecule is Fc1ccc(-n2nc(-c3ccncc3)c3c4ccccc4[nH]c32)cc1. The highest BCUT2D eigenvalue weighted by Crippen LogP contribution is 2.35. The fourth-order valence-electron chi connectivity index (χ4n) is 3.21. The van der Waals surface area contributed by atoms with E-state index >= 15 is 0 Å². The molecule has 2 aromatic carbocycles. The van der Waals surface area contributed by atoms with Crippen molar-refractivity contribution >= 4 is 21.9 Å². The van der Waals surface area contributed by atoms with E-state index in [1.54, 1.807) is 24.5 Å². The van der Waals surface area contributed by atoms with E-state index in [9.17, 15) is 4.39 Å². The lowest BCUT2D eigenvalue weighted by Crippen LogP contribution is -1.97. The molecule has 0 aliphatic carbocycles. The summed E-state index contributed by atoms with van der Waals surface area (Å²) in [4.78, 5) is 7.53. The van der Waals surface area contributed by atoms with Crippen LogP contribution in [-0.4, -0.2) is 19.7 Å². The molecule has 0 saturated heterocycles. The van der Waals surface area contributed by atoms with Gasteiger partial charge in [0, 0.05) is 28.9 Å². The van der Waals surface area contributed by atoms with Gasteiger partial charge in [0.1, 0.15) is 17.2 Å². The molecule has 0 amide bonds. The summed E-state index contributed by atoms with van der Waals surface area (Å²) in [5.41, 5.74) is 4.60. The quantitative estimate of drug-likeness (QED) is 0.510. The summed E-state index contributed by atoms with van der Waals surface area (Å²) < 4.78 is 15.1. The number of hydrogen-bond donors (Lipinski definition) is 1. The minimum Gasteiger partial charge on any atom is -0.339 e. The Morgan fingerprint density at radius 1 is 0.880 bits per heavy atom. The Bertz CT molecular complexity index is 1190. The van der Waals surface area contributed by atoms with E-state index in [0.717, 1.165) is 38.9 Å². The van der Waals surface area contributed by atoms with E-state index in [2.05, 4.69) is 16.0 Å². The average molecular weight is 328 g/mol. The third kappa shape index (κ3) is 2.13. The highest BCUT2D eigenvalue weighted by Gasteiger charge is 2.18. The molecule has 3 aromatic heterocycles. The Morgan fingerprint density at radius 3 is 2.44 bits per heavy atom. The molecule has 0 aliphatic heterocycles. The predicted octanol–water partition coefficient (Wildman–Crippen LogP) is 4.71. The van der Waals surface area contributed by atoms with Gasteiger partial charge in [-0.3, -0.25) is 4.98 Å². The number of H-pyrrole nitrogens is 1. The molecule has 1 N–H and O–H groups in total. The van der Waals surface area contributed by atoms with Crippen molar-refractivity contribution in [1.82, 2.24) is 19.7 Å². The number of nitrogens with one attached hydrogen (secondary N) is 1. The number of benzene rings is 2. The fourth-order valence-corrected chi connectivity index (χ4v) is 3.21. The zero-order valence-corrected chi connectivity index (χ0v) is 13.1. The van der Waals surface area contributed by atoms with Crippen LogP contribution in [0.4, 0.5) is 4.39 Å². The molecule has 0 fully saturated rings. The lowest BCUT2D eigenvalue weighted by atomic mass is 10.1. The van der Waals surface area contributed by atoms with Crippen molar-refractivity contribution in [2.24, 2.45) is 0 Å². The van der Waals surface area contributed by atoms with Gasteiger partial charge in [0.05, 0.1) is 11.1 Å². The number of aromatic amines is 1. The minimum atomic E-state index is -0.266. The zero-order valence-electron chi connectivity index (χ0n) is 13.1. The van der Waals surface area contributed by atoms with Gasteiger partial charge in [0.2, 0.25) is 0 Å². The van der Waals surface area contributed by atoms with Gasteiger partial charge >= 0.3 is 0 Å². The lowest BCUT2D eigenvalue weighted by molar-refractivity contribution is 0.627. The molecular weight excluding hydrogens is 315 g/mol. The van der Waals surface area contributed by atoms with Gasteiger partial charge < -0.3 is 4.98 Å². The molecule has 5 heteroatoms. The maximum atomic E-state index is 13.3. The number of halogens is 1. The second kappa shape index (κ2) is 5.27. The van der Waals surface area contributed by atoms with Crippen molar-refractivity contribution in [3.63, 3.8) is 0 Å². The van der Waals surface area contributed by atoms with Crippen molar-refractivity contribution in [1.29, 1.82) is 0 Å². The van der Waals surface area contributed by atoms with E-state index in [0.29, 0.717) is 0 Å². The van der Waals surface area contributed by atoms with Crippen molar-refractivity contribution in [3.05, 3.63) is 78.9 Å². The van der Waals surface area contributed by atoms with Gasteiger partial charge in [-0.25, -0.2) is 9.07 Å². The van der Waals surface area contributed by atoms with Crippen molar-refractivity contribution < 1.29 is 4.39 Å². The summed E-state index contributed by atoms with van der Waals surface area (Å²) in [7, 11) is 0. The second-order valence-corrected chi connectivity index (χ2v) is 5.87. The Morgan fingerprint density at radius 2 is 1.64 bits per heavy atom. The normalized spacial score (nSPS) is 11.4. The van der Waals surface area contributed by atoms with Crippen LogP contribution in [0.5, 0.6) is 0 Å². The third-order valence-corrected chi connectivity index (χ3v) is 4.36. The zero-order chi connectivity index (χ0) is 16.8. The van der Waals surface area contributed by atoms with Gasteiger partial charge in [-0.1, -0.05) is 18.2 Å². The fraction of sp³-hybridized carbons (Fsp3) is 0. The Labute approximate surface area is 142 Å². The largest absolute Gasteiger partial charge is 0.339 e. The van der Waals surface area contributed by atoms with Crippen molar-refractivity contribution in [2.45, 2.75) is 0 Å². The number of aromatic nitrogens is 4. The maximum absolute atomic E-state index is 13.3. The van der Waals surface area contributed by atoms with Gasteiger partial charge in [0.25, 0.3) is 0 Å². The first kappa shape index (κ1) is 13.9. The van der Waals surface area contributed by atoms with Crippen LogP contribution >= 0.6 is 0 Å².